The maximum atomic E-state index is 6.79. The van der Waals surface area contributed by atoms with Crippen molar-refractivity contribution in [1.82, 2.24) is 4.98 Å². The number of hydrogen-bond donors (Lipinski definition) is 1. The van der Waals surface area contributed by atoms with E-state index in [0.29, 0.717) is 6.54 Å². The van der Waals surface area contributed by atoms with Crippen LogP contribution in [0, 0.1) is 6.57 Å². The smallest absolute Gasteiger partial charge is 0.254 e. The van der Waals surface area contributed by atoms with E-state index in [4.69, 9.17) is 11.3 Å². The Balaban J connectivity index is 2.59. The highest BCUT2D eigenvalue weighted by Gasteiger charge is 2.06. The molecule has 0 atom stereocenters. The predicted molar refractivity (Wildman–Crippen MR) is 55.2 cm³/mol. The van der Waals surface area contributed by atoms with Gasteiger partial charge >= 0.3 is 0 Å². The lowest BCUT2D eigenvalue weighted by Crippen LogP contribution is -1.83. The number of nitrogens with zero attached hydrogens (tertiary/aromatic N) is 1. The molecular formula is C11H10N2O. The van der Waals surface area contributed by atoms with Crippen LogP contribution in [0.5, 0.6) is 5.75 Å². The summed E-state index contributed by atoms with van der Waals surface area (Å²) in [6.07, 6.45) is 0. The van der Waals surface area contributed by atoms with Gasteiger partial charge in [-0.1, -0.05) is 12.1 Å². The molecule has 0 unspecified atom stereocenters. The average Bonchev–Trinajstić information content (AvgIpc) is 2.60. The van der Waals surface area contributed by atoms with Gasteiger partial charge in [0.25, 0.3) is 6.54 Å². The van der Waals surface area contributed by atoms with Crippen LogP contribution in [0.1, 0.15) is 5.69 Å². The van der Waals surface area contributed by atoms with Crippen LogP contribution in [-0.2, 0) is 6.54 Å². The van der Waals surface area contributed by atoms with Gasteiger partial charge in [0, 0.05) is 5.39 Å². The molecule has 2 rings (SSSR count). The van der Waals surface area contributed by atoms with E-state index in [1.807, 2.05) is 24.3 Å². The molecule has 3 nitrogen and oxygen atoms in total. The largest absolute Gasteiger partial charge is 0.495 e. The first kappa shape index (κ1) is 8.64. The van der Waals surface area contributed by atoms with E-state index in [-0.39, 0.29) is 0 Å². The minimum atomic E-state index is 0.387. The van der Waals surface area contributed by atoms with Crippen LogP contribution in [-0.4, -0.2) is 12.1 Å². The number of aromatic nitrogens is 1. The number of ether oxygens (including phenoxy) is 1. The number of aromatic amines is 1. The summed E-state index contributed by atoms with van der Waals surface area (Å²) in [5.41, 5.74) is 1.90. The first-order valence-corrected chi connectivity index (χ1v) is 4.33. The minimum Gasteiger partial charge on any atom is -0.495 e. The molecule has 3 heteroatoms. The third-order valence-corrected chi connectivity index (χ3v) is 2.14. The summed E-state index contributed by atoms with van der Waals surface area (Å²) in [7, 11) is 1.64. The second-order valence-corrected chi connectivity index (χ2v) is 3.04. The van der Waals surface area contributed by atoms with Crippen LogP contribution in [0.2, 0.25) is 0 Å². The molecule has 0 fully saturated rings. The molecule has 2 aromatic rings. The summed E-state index contributed by atoms with van der Waals surface area (Å²) >= 11 is 0. The second-order valence-electron chi connectivity index (χ2n) is 3.04. The Labute approximate surface area is 82.1 Å². The molecule has 0 saturated carbocycles. The number of benzene rings is 1. The molecule has 1 N–H and O–H groups in total. The summed E-state index contributed by atoms with van der Waals surface area (Å²) in [4.78, 5) is 6.51. The van der Waals surface area contributed by atoms with Crippen LogP contribution in [0.4, 0.5) is 0 Å². The minimum absolute atomic E-state index is 0.387. The SMILES string of the molecule is [C-]#[N+]Cc1cc2cccc(OC)c2[nH]1. The van der Waals surface area contributed by atoms with Crippen molar-refractivity contribution in [3.8, 4) is 5.75 Å². The lowest BCUT2D eigenvalue weighted by atomic mass is 10.2. The highest BCUT2D eigenvalue weighted by molar-refractivity contribution is 5.86. The van der Waals surface area contributed by atoms with E-state index in [0.717, 1.165) is 22.3 Å². The molecular weight excluding hydrogens is 176 g/mol. The van der Waals surface area contributed by atoms with Crippen LogP contribution >= 0.6 is 0 Å². The lowest BCUT2D eigenvalue weighted by Gasteiger charge is -1.99. The molecule has 0 bridgehead atoms. The van der Waals surface area contributed by atoms with Crippen molar-refractivity contribution in [2.75, 3.05) is 7.11 Å². The number of hydrogen-bond acceptors (Lipinski definition) is 1. The van der Waals surface area contributed by atoms with E-state index in [1.165, 1.54) is 0 Å². The Hall–Kier alpha value is -1.95. The van der Waals surface area contributed by atoms with Gasteiger partial charge < -0.3 is 14.6 Å². The summed E-state index contributed by atoms with van der Waals surface area (Å²) in [5, 5.41) is 1.09. The maximum Gasteiger partial charge on any atom is 0.254 e. The first-order valence-electron chi connectivity index (χ1n) is 4.33. The van der Waals surface area contributed by atoms with Crippen molar-refractivity contribution < 1.29 is 4.74 Å². The quantitative estimate of drug-likeness (QED) is 0.718. The highest BCUT2D eigenvalue weighted by Crippen LogP contribution is 2.25. The van der Waals surface area contributed by atoms with Gasteiger partial charge in [-0.15, -0.1) is 0 Å². The van der Waals surface area contributed by atoms with E-state index in [9.17, 15) is 0 Å². The van der Waals surface area contributed by atoms with Crippen molar-refractivity contribution in [3.63, 3.8) is 0 Å². The lowest BCUT2D eigenvalue weighted by molar-refractivity contribution is 0.419. The fourth-order valence-electron chi connectivity index (χ4n) is 1.53. The number of methoxy groups -OCH3 is 1. The van der Waals surface area contributed by atoms with Gasteiger partial charge in [-0.05, 0) is 12.1 Å². The number of nitrogens with one attached hydrogen (secondary N) is 1. The fraction of sp³-hybridized carbons (Fsp3) is 0.182. The number of para-hydroxylation sites is 1. The summed E-state index contributed by atoms with van der Waals surface area (Å²) in [5.74, 6) is 0.818. The molecule has 0 aliphatic carbocycles. The Morgan fingerprint density at radius 3 is 3.07 bits per heavy atom. The molecule has 1 aromatic carbocycles. The number of fused-ring (bicyclic) bond motifs is 1. The van der Waals surface area contributed by atoms with Crippen LogP contribution < -0.4 is 4.74 Å². The Morgan fingerprint density at radius 1 is 1.50 bits per heavy atom. The first-order chi connectivity index (χ1) is 6.85. The summed E-state index contributed by atoms with van der Waals surface area (Å²) < 4.78 is 5.21. The van der Waals surface area contributed by atoms with Gasteiger partial charge in [0.2, 0.25) is 0 Å². The van der Waals surface area contributed by atoms with Gasteiger partial charge in [0.05, 0.1) is 18.3 Å². The van der Waals surface area contributed by atoms with Crippen molar-refractivity contribution in [2.24, 2.45) is 0 Å². The molecule has 70 valence electrons. The molecule has 1 heterocycles. The van der Waals surface area contributed by atoms with E-state index in [1.54, 1.807) is 7.11 Å². The molecule has 0 spiro atoms. The van der Waals surface area contributed by atoms with Crippen molar-refractivity contribution in [2.45, 2.75) is 6.54 Å². The highest BCUT2D eigenvalue weighted by atomic mass is 16.5. The molecule has 0 aliphatic heterocycles. The van der Waals surface area contributed by atoms with Crippen LogP contribution in [0.3, 0.4) is 0 Å². The monoisotopic (exact) mass is 186 g/mol. The van der Waals surface area contributed by atoms with E-state index in [2.05, 4.69) is 9.83 Å². The van der Waals surface area contributed by atoms with Gasteiger partial charge in [0.1, 0.15) is 5.75 Å². The molecule has 0 radical (unpaired) electrons. The predicted octanol–water partition coefficient (Wildman–Crippen LogP) is 2.60. The third-order valence-electron chi connectivity index (χ3n) is 2.14. The molecule has 1 aromatic heterocycles. The number of rotatable bonds is 2. The van der Waals surface area contributed by atoms with Crippen molar-refractivity contribution >= 4 is 10.9 Å². The zero-order valence-electron chi connectivity index (χ0n) is 7.87. The van der Waals surface area contributed by atoms with Gasteiger partial charge in [0.15, 0.2) is 0 Å². The molecule has 0 amide bonds. The van der Waals surface area contributed by atoms with Crippen molar-refractivity contribution in [1.29, 1.82) is 0 Å². The standard InChI is InChI=1S/C11H10N2O/c1-12-7-9-6-8-4-3-5-10(14-2)11(8)13-9/h3-6,13H,7H2,2H3. The molecule has 0 saturated heterocycles. The molecule has 14 heavy (non-hydrogen) atoms. The van der Waals surface area contributed by atoms with Gasteiger partial charge in [-0.25, -0.2) is 6.57 Å². The fourth-order valence-corrected chi connectivity index (χ4v) is 1.53. The zero-order valence-corrected chi connectivity index (χ0v) is 7.87. The normalized spacial score (nSPS) is 10.0. The Bertz CT molecular complexity index is 493. The maximum absolute atomic E-state index is 6.79. The Morgan fingerprint density at radius 2 is 2.36 bits per heavy atom. The topological polar surface area (TPSA) is 29.4 Å². The van der Waals surface area contributed by atoms with E-state index >= 15 is 0 Å². The van der Waals surface area contributed by atoms with E-state index < -0.39 is 0 Å². The number of H-pyrrole nitrogens is 1. The average molecular weight is 186 g/mol. The third kappa shape index (κ3) is 1.31. The second kappa shape index (κ2) is 3.43. The van der Waals surface area contributed by atoms with Crippen LogP contribution in [0.15, 0.2) is 24.3 Å². The van der Waals surface area contributed by atoms with Gasteiger partial charge in [-0.3, -0.25) is 0 Å². The van der Waals surface area contributed by atoms with Crippen molar-refractivity contribution in [3.05, 3.63) is 41.4 Å². The van der Waals surface area contributed by atoms with Gasteiger partial charge in [-0.2, -0.15) is 0 Å². The molecule has 0 aliphatic rings. The zero-order chi connectivity index (χ0) is 9.97. The summed E-state index contributed by atoms with van der Waals surface area (Å²) in [6.45, 7) is 7.17. The summed E-state index contributed by atoms with van der Waals surface area (Å²) in [6, 6.07) is 7.83. The Kier molecular flexibility index (Phi) is 2.11. The van der Waals surface area contributed by atoms with Crippen LogP contribution in [0.25, 0.3) is 15.7 Å².